The summed E-state index contributed by atoms with van der Waals surface area (Å²) in [4.78, 5) is 17.1. The second-order valence-corrected chi connectivity index (χ2v) is 6.60. The van der Waals surface area contributed by atoms with Crippen LogP contribution in [-0.2, 0) is 11.2 Å². The highest BCUT2D eigenvalue weighted by molar-refractivity contribution is 6.30. The lowest BCUT2D eigenvalue weighted by Gasteiger charge is -2.13. The SMILES string of the molecule is O=C(Cc1ccccc1)Oc1c(-c2ccc(Cl)cc2)ncc2ccccc12. The van der Waals surface area contributed by atoms with Crippen molar-refractivity contribution in [2.45, 2.75) is 6.42 Å². The Balaban J connectivity index is 1.75. The fraction of sp³-hybridized carbons (Fsp3) is 0.0435. The minimum atomic E-state index is -0.324. The van der Waals surface area contributed by atoms with E-state index in [2.05, 4.69) is 4.98 Å². The zero-order chi connectivity index (χ0) is 18.6. The third-order valence-electron chi connectivity index (χ3n) is 4.28. The zero-order valence-corrected chi connectivity index (χ0v) is 15.2. The molecule has 0 N–H and O–H groups in total. The average Bonchev–Trinajstić information content (AvgIpc) is 2.70. The van der Waals surface area contributed by atoms with Crippen molar-refractivity contribution in [1.82, 2.24) is 4.98 Å². The Kier molecular flexibility index (Phi) is 4.86. The number of hydrogen-bond acceptors (Lipinski definition) is 3. The van der Waals surface area contributed by atoms with Gasteiger partial charge in [0.15, 0.2) is 5.75 Å². The van der Waals surface area contributed by atoms with Crippen LogP contribution >= 0.6 is 11.6 Å². The fourth-order valence-electron chi connectivity index (χ4n) is 2.97. The summed E-state index contributed by atoms with van der Waals surface area (Å²) < 4.78 is 5.81. The summed E-state index contributed by atoms with van der Waals surface area (Å²) >= 11 is 6.00. The highest BCUT2D eigenvalue weighted by atomic mass is 35.5. The number of carbonyl (C=O) groups excluding carboxylic acids is 1. The number of carbonyl (C=O) groups is 1. The molecule has 4 rings (SSSR count). The number of nitrogens with zero attached hydrogens (tertiary/aromatic N) is 1. The van der Waals surface area contributed by atoms with Crippen molar-refractivity contribution in [2.24, 2.45) is 0 Å². The number of hydrogen-bond donors (Lipinski definition) is 0. The molecule has 3 aromatic carbocycles. The van der Waals surface area contributed by atoms with E-state index in [4.69, 9.17) is 16.3 Å². The third kappa shape index (κ3) is 3.83. The third-order valence-corrected chi connectivity index (χ3v) is 4.53. The van der Waals surface area contributed by atoms with Gasteiger partial charge < -0.3 is 4.74 Å². The second kappa shape index (κ2) is 7.60. The maximum absolute atomic E-state index is 12.6. The molecule has 4 heteroatoms. The van der Waals surface area contributed by atoms with E-state index >= 15 is 0 Å². The summed E-state index contributed by atoms with van der Waals surface area (Å²) in [5, 5.41) is 2.40. The van der Waals surface area contributed by atoms with E-state index in [-0.39, 0.29) is 12.4 Å². The van der Waals surface area contributed by atoms with Crippen molar-refractivity contribution in [3.63, 3.8) is 0 Å². The first-order valence-electron chi connectivity index (χ1n) is 8.59. The van der Waals surface area contributed by atoms with Gasteiger partial charge in [-0.3, -0.25) is 9.78 Å². The van der Waals surface area contributed by atoms with Crippen molar-refractivity contribution >= 4 is 28.3 Å². The van der Waals surface area contributed by atoms with Gasteiger partial charge in [0.2, 0.25) is 0 Å². The predicted octanol–water partition coefficient (Wildman–Crippen LogP) is 5.70. The normalized spacial score (nSPS) is 10.7. The van der Waals surface area contributed by atoms with Gasteiger partial charge in [-0.15, -0.1) is 0 Å². The summed E-state index contributed by atoms with van der Waals surface area (Å²) in [6.45, 7) is 0. The summed E-state index contributed by atoms with van der Waals surface area (Å²) in [5.74, 6) is 0.144. The van der Waals surface area contributed by atoms with E-state index in [1.165, 1.54) is 0 Å². The Morgan fingerprint density at radius 2 is 1.59 bits per heavy atom. The first kappa shape index (κ1) is 17.3. The smallest absolute Gasteiger partial charge is 0.315 e. The van der Waals surface area contributed by atoms with E-state index in [1.807, 2.05) is 66.7 Å². The first-order valence-corrected chi connectivity index (χ1v) is 8.97. The van der Waals surface area contributed by atoms with Crippen LogP contribution in [0.2, 0.25) is 5.02 Å². The van der Waals surface area contributed by atoms with Gasteiger partial charge in [0.1, 0.15) is 5.69 Å². The van der Waals surface area contributed by atoms with Gasteiger partial charge >= 0.3 is 5.97 Å². The van der Waals surface area contributed by atoms with Crippen LogP contribution in [-0.4, -0.2) is 11.0 Å². The van der Waals surface area contributed by atoms with Gasteiger partial charge in [-0.1, -0.05) is 78.3 Å². The Hall–Kier alpha value is -3.17. The van der Waals surface area contributed by atoms with Gasteiger partial charge in [-0.25, -0.2) is 0 Å². The van der Waals surface area contributed by atoms with E-state index in [0.717, 1.165) is 21.9 Å². The number of aromatic nitrogens is 1. The molecule has 0 aliphatic carbocycles. The Labute approximate surface area is 162 Å². The second-order valence-electron chi connectivity index (χ2n) is 6.17. The van der Waals surface area contributed by atoms with Crippen LogP contribution in [0.4, 0.5) is 0 Å². The van der Waals surface area contributed by atoms with Crippen LogP contribution < -0.4 is 4.74 Å². The summed E-state index contributed by atoms with van der Waals surface area (Å²) in [7, 11) is 0. The highest BCUT2D eigenvalue weighted by Crippen LogP contribution is 2.35. The summed E-state index contributed by atoms with van der Waals surface area (Å²) in [6, 6.07) is 24.6. The standard InChI is InChI=1S/C23H16ClNO2/c24-19-12-10-17(11-13-19)22-23(20-9-5-4-8-18(20)15-25-22)27-21(26)14-16-6-2-1-3-7-16/h1-13,15H,14H2. The molecule has 27 heavy (non-hydrogen) atoms. The zero-order valence-electron chi connectivity index (χ0n) is 14.4. The molecular weight excluding hydrogens is 358 g/mol. The van der Waals surface area contributed by atoms with Crippen molar-refractivity contribution in [2.75, 3.05) is 0 Å². The quantitative estimate of drug-likeness (QED) is 0.430. The maximum atomic E-state index is 12.6. The number of rotatable bonds is 4. The molecule has 0 saturated carbocycles. The molecule has 0 spiro atoms. The summed E-state index contributed by atoms with van der Waals surface area (Å²) in [6.07, 6.45) is 1.98. The topological polar surface area (TPSA) is 39.2 Å². The molecule has 4 aromatic rings. The predicted molar refractivity (Wildman–Crippen MR) is 108 cm³/mol. The minimum absolute atomic E-state index is 0.199. The molecule has 0 amide bonds. The van der Waals surface area contributed by atoms with Crippen LogP contribution in [0.25, 0.3) is 22.0 Å². The lowest BCUT2D eigenvalue weighted by Crippen LogP contribution is -2.12. The molecule has 0 radical (unpaired) electrons. The number of benzene rings is 3. The Morgan fingerprint density at radius 1 is 0.889 bits per heavy atom. The number of fused-ring (bicyclic) bond motifs is 1. The van der Waals surface area contributed by atoms with E-state index in [0.29, 0.717) is 16.5 Å². The van der Waals surface area contributed by atoms with Crippen molar-refractivity contribution in [3.05, 3.63) is 95.6 Å². The van der Waals surface area contributed by atoms with Gasteiger partial charge in [-0.05, 0) is 17.7 Å². The molecule has 132 valence electrons. The molecule has 0 bridgehead atoms. The molecule has 1 aromatic heterocycles. The molecule has 0 fully saturated rings. The van der Waals surface area contributed by atoms with E-state index in [1.54, 1.807) is 18.3 Å². The van der Waals surface area contributed by atoms with E-state index in [9.17, 15) is 4.79 Å². The monoisotopic (exact) mass is 373 g/mol. The lowest BCUT2D eigenvalue weighted by molar-refractivity contribution is -0.133. The molecule has 0 aliphatic heterocycles. The fourth-order valence-corrected chi connectivity index (χ4v) is 3.09. The average molecular weight is 374 g/mol. The van der Waals surface area contributed by atoms with Crippen molar-refractivity contribution < 1.29 is 9.53 Å². The Bertz CT molecular complexity index is 1090. The maximum Gasteiger partial charge on any atom is 0.315 e. The van der Waals surface area contributed by atoms with Crippen LogP contribution in [0.5, 0.6) is 5.75 Å². The number of esters is 1. The molecule has 0 unspecified atom stereocenters. The van der Waals surface area contributed by atoms with Crippen LogP contribution in [0.15, 0.2) is 85.1 Å². The van der Waals surface area contributed by atoms with Crippen molar-refractivity contribution in [3.8, 4) is 17.0 Å². The van der Waals surface area contributed by atoms with E-state index < -0.39 is 0 Å². The number of halogens is 1. The van der Waals surface area contributed by atoms with Gasteiger partial charge in [0.25, 0.3) is 0 Å². The van der Waals surface area contributed by atoms with Gasteiger partial charge in [0, 0.05) is 27.6 Å². The lowest BCUT2D eigenvalue weighted by atomic mass is 10.1. The first-order chi connectivity index (χ1) is 13.2. The molecule has 0 saturated heterocycles. The number of ether oxygens (including phenoxy) is 1. The Morgan fingerprint density at radius 3 is 2.37 bits per heavy atom. The largest absolute Gasteiger partial charge is 0.423 e. The van der Waals surface area contributed by atoms with Crippen LogP contribution in [0.3, 0.4) is 0 Å². The minimum Gasteiger partial charge on any atom is -0.423 e. The molecule has 3 nitrogen and oxygen atoms in total. The van der Waals surface area contributed by atoms with Crippen LogP contribution in [0, 0.1) is 0 Å². The number of pyridine rings is 1. The molecule has 0 atom stereocenters. The van der Waals surface area contributed by atoms with Gasteiger partial charge in [0.05, 0.1) is 6.42 Å². The van der Waals surface area contributed by atoms with Gasteiger partial charge in [-0.2, -0.15) is 0 Å². The molecule has 0 aliphatic rings. The molecular formula is C23H16ClNO2. The van der Waals surface area contributed by atoms with Crippen LogP contribution in [0.1, 0.15) is 5.56 Å². The summed E-state index contributed by atoms with van der Waals surface area (Å²) in [5.41, 5.74) is 2.36. The molecule has 1 heterocycles. The highest BCUT2D eigenvalue weighted by Gasteiger charge is 2.16. The van der Waals surface area contributed by atoms with Crippen molar-refractivity contribution in [1.29, 1.82) is 0 Å².